The van der Waals surface area contributed by atoms with Crippen LogP contribution in [0.4, 0.5) is 0 Å². The largest absolute Gasteiger partial charge is 0.466 e. The summed E-state index contributed by atoms with van der Waals surface area (Å²) in [4.78, 5) is 4.55. The smallest absolute Gasteiger partial charge is 0.139 e. The molecule has 0 saturated carbocycles. The number of para-hydroxylation sites is 1. The molecule has 0 radical (unpaired) electrons. The van der Waals surface area contributed by atoms with Crippen LogP contribution in [-0.4, -0.2) is 11.5 Å². The van der Waals surface area contributed by atoms with Gasteiger partial charge in [-0.1, -0.05) is 31.2 Å². The summed E-state index contributed by atoms with van der Waals surface area (Å²) in [5.74, 6) is 0.890. The van der Waals surface area contributed by atoms with E-state index in [-0.39, 0.29) is 6.04 Å². The summed E-state index contributed by atoms with van der Waals surface area (Å²) in [5, 5.41) is 4.70. The number of rotatable bonds is 5. The number of halogens is 1. The summed E-state index contributed by atoms with van der Waals surface area (Å²) >= 11 is 3.57. The van der Waals surface area contributed by atoms with Crippen LogP contribution in [0.1, 0.15) is 30.7 Å². The highest BCUT2D eigenvalue weighted by atomic mass is 79.9. The first-order chi connectivity index (χ1) is 10.3. The lowest BCUT2D eigenvalue weighted by Crippen LogP contribution is -2.23. The van der Waals surface area contributed by atoms with Gasteiger partial charge in [0.2, 0.25) is 0 Å². The Morgan fingerprint density at radius 1 is 1.24 bits per heavy atom. The summed E-state index contributed by atoms with van der Waals surface area (Å²) in [6.45, 7) is 3.07. The fourth-order valence-corrected chi connectivity index (χ4v) is 2.94. The number of nitrogens with zero attached hydrogens (tertiary/aromatic N) is 1. The second-order valence-electron chi connectivity index (χ2n) is 4.94. The van der Waals surface area contributed by atoms with Gasteiger partial charge in [0.1, 0.15) is 5.76 Å². The molecule has 3 aromatic rings. The Bertz CT molecular complexity index is 733. The van der Waals surface area contributed by atoms with Crippen LogP contribution in [0.15, 0.2) is 57.7 Å². The van der Waals surface area contributed by atoms with Crippen LogP contribution in [0, 0.1) is 0 Å². The number of pyridine rings is 1. The minimum atomic E-state index is -0.00655. The van der Waals surface area contributed by atoms with Gasteiger partial charge in [-0.15, -0.1) is 0 Å². The number of benzene rings is 1. The minimum Gasteiger partial charge on any atom is -0.466 e. The molecular formula is C17H17BrN2O. The standard InChI is InChI=1S/C17H17BrN2O/c1-2-9-19-16(17-14(18)8-11-21-17)13-7-3-5-12-6-4-10-20-15(12)13/h3-8,10-11,16,19H,2,9H2,1H3. The molecule has 2 heterocycles. The second-order valence-corrected chi connectivity index (χ2v) is 5.80. The molecule has 0 aliphatic carbocycles. The van der Waals surface area contributed by atoms with E-state index < -0.39 is 0 Å². The third-order valence-corrected chi connectivity index (χ3v) is 4.14. The van der Waals surface area contributed by atoms with E-state index in [1.807, 2.05) is 18.3 Å². The van der Waals surface area contributed by atoms with Gasteiger partial charge in [0.05, 0.1) is 22.3 Å². The van der Waals surface area contributed by atoms with Crippen LogP contribution in [0.2, 0.25) is 0 Å². The summed E-state index contributed by atoms with van der Waals surface area (Å²) in [7, 11) is 0. The van der Waals surface area contributed by atoms with Gasteiger partial charge < -0.3 is 9.73 Å². The molecule has 1 unspecified atom stereocenters. The van der Waals surface area contributed by atoms with E-state index >= 15 is 0 Å². The Morgan fingerprint density at radius 3 is 2.86 bits per heavy atom. The van der Waals surface area contributed by atoms with Crippen molar-refractivity contribution in [2.45, 2.75) is 19.4 Å². The summed E-state index contributed by atoms with van der Waals surface area (Å²) in [6.07, 6.45) is 4.60. The van der Waals surface area contributed by atoms with Crippen molar-refractivity contribution in [1.82, 2.24) is 10.3 Å². The maximum absolute atomic E-state index is 5.69. The lowest BCUT2D eigenvalue weighted by molar-refractivity contribution is 0.445. The number of hydrogen-bond acceptors (Lipinski definition) is 3. The zero-order valence-corrected chi connectivity index (χ0v) is 13.4. The Morgan fingerprint density at radius 2 is 2.10 bits per heavy atom. The highest BCUT2D eigenvalue weighted by Gasteiger charge is 2.21. The average molecular weight is 345 g/mol. The molecule has 1 aromatic carbocycles. The molecule has 3 rings (SSSR count). The Hall–Kier alpha value is -1.65. The molecule has 0 amide bonds. The molecule has 0 spiro atoms. The van der Waals surface area contributed by atoms with Crippen molar-refractivity contribution in [3.05, 3.63) is 64.7 Å². The van der Waals surface area contributed by atoms with E-state index in [9.17, 15) is 0 Å². The molecule has 4 heteroatoms. The lowest BCUT2D eigenvalue weighted by Gasteiger charge is -2.18. The van der Waals surface area contributed by atoms with Crippen molar-refractivity contribution in [2.24, 2.45) is 0 Å². The van der Waals surface area contributed by atoms with Crippen molar-refractivity contribution >= 4 is 26.8 Å². The van der Waals surface area contributed by atoms with Crippen LogP contribution in [0.3, 0.4) is 0 Å². The number of nitrogens with one attached hydrogen (secondary N) is 1. The van der Waals surface area contributed by atoms with Crippen LogP contribution in [-0.2, 0) is 0 Å². The highest BCUT2D eigenvalue weighted by molar-refractivity contribution is 9.10. The highest BCUT2D eigenvalue weighted by Crippen LogP contribution is 2.32. The van der Waals surface area contributed by atoms with E-state index in [4.69, 9.17) is 4.42 Å². The minimum absolute atomic E-state index is 0.00655. The molecule has 3 nitrogen and oxygen atoms in total. The van der Waals surface area contributed by atoms with Crippen LogP contribution in [0.5, 0.6) is 0 Å². The SMILES string of the molecule is CCCNC(c1occc1Br)c1cccc2cccnc12. The van der Waals surface area contributed by atoms with E-state index in [0.29, 0.717) is 0 Å². The zero-order chi connectivity index (χ0) is 14.7. The molecule has 0 fully saturated rings. The van der Waals surface area contributed by atoms with E-state index in [1.165, 1.54) is 0 Å². The molecule has 21 heavy (non-hydrogen) atoms. The van der Waals surface area contributed by atoms with E-state index in [1.54, 1.807) is 6.26 Å². The number of hydrogen-bond donors (Lipinski definition) is 1. The number of fused-ring (bicyclic) bond motifs is 1. The molecule has 2 aromatic heterocycles. The third kappa shape index (κ3) is 2.87. The topological polar surface area (TPSA) is 38.1 Å². The molecule has 0 aliphatic rings. The van der Waals surface area contributed by atoms with E-state index in [0.717, 1.165) is 39.7 Å². The van der Waals surface area contributed by atoms with Crippen molar-refractivity contribution in [3.63, 3.8) is 0 Å². The van der Waals surface area contributed by atoms with Gasteiger partial charge >= 0.3 is 0 Å². The predicted molar refractivity (Wildman–Crippen MR) is 88.3 cm³/mol. The fourth-order valence-electron chi connectivity index (χ4n) is 2.50. The Labute approximate surface area is 132 Å². The maximum Gasteiger partial charge on any atom is 0.139 e. The van der Waals surface area contributed by atoms with Gasteiger partial charge in [-0.3, -0.25) is 4.98 Å². The van der Waals surface area contributed by atoms with Crippen LogP contribution < -0.4 is 5.32 Å². The van der Waals surface area contributed by atoms with Gasteiger partial charge in [0, 0.05) is 17.1 Å². The van der Waals surface area contributed by atoms with Gasteiger partial charge in [-0.05, 0) is 41.0 Å². The zero-order valence-electron chi connectivity index (χ0n) is 11.8. The first kappa shape index (κ1) is 14.3. The van der Waals surface area contributed by atoms with Gasteiger partial charge in [-0.2, -0.15) is 0 Å². The normalized spacial score (nSPS) is 12.7. The molecule has 1 atom stereocenters. The third-order valence-electron chi connectivity index (χ3n) is 3.48. The summed E-state index contributed by atoms with van der Waals surface area (Å²) < 4.78 is 6.67. The molecule has 0 bridgehead atoms. The first-order valence-corrected chi connectivity index (χ1v) is 7.90. The Kier molecular flexibility index (Phi) is 4.36. The molecular weight excluding hydrogens is 328 g/mol. The van der Waals surface area contributed by atoms with Crippen molar-refractivity contribution < 1.29 is 4.42 Å². The maximum atomic E-state index is 5.69. The van der Waals surface area contributed by atoms with Crippen molar-refractivity contribution in [2.75, 3.05) is 6.54 Å². The monoisotopic (exact) mass is 344 g/mol. The number of aromatic nitrogens is 1. The molecule has 0 aliphatic heterocycles. The van der Waals surface area contributed by atoms with Crippen molar-refractivity contribution in [3.8, 4) is 0 Å². The summed E-state index contributed by atoms with van der Waals surface area (Å²) in [5.41, 5.74) is 2.15. The quantitative estimate of drug-likeness (QED) is 0.730. The van der Waals surface area contributed by atoms with Crippen molar-refractivity contribution in [1.29, 1.82) is 0 Å². The van der Waals surface area contributed by atoms with Gasteiger partial charge in [0.25, 0.3) is 0 Å². The molecule has 108 valence electrons. The van der Waals surface area contributed by atoms with Gasteiger partial charge in [0.15, 0.2) is 0 Å². The molecule has 1 N–H and O–H groups in total. The number of furan rings is 1. The summed E-state index contributed by atoms with van der Waals surface area (Å²) in [6, 6.07) is 12.2. The predicted octanol–water partition coefficient (Wildman–Crippen LogP) is 4.68. The molecule has 0 saturated heterocycles. The first-order valence-electron chi connectivity index (χ1n) is 7.11. The fraction of sp³-hybridized carbons (Fsp3) is 0.235. The van der Waals surface area contributed by atoms with Crippen LogP contribution in [0.25, 0.3) is 10.9 Å². The second kappa shape index (κ2) is 6.41. The Balaban J connectivity index is 2.12. The van der Waals surface area contributed by atoms with Crippen LogP contribution >= 0.6 is 15.9 Å². The lowest BCUT2D eigenvalue weighted by atomic mass is 10.0. The van der Waals surface area contributed by atoms with Gasteiger partial charge in [-0.25, -0.2) is 0 Å². The average Bonchev–Trinajstić information content (AvgIpc) is 2.94. The van der Waals surface area contributed by atoms with E-state index in [2.05, 4.69) is 57.4 Å².